The van der Waals surface area contributed by atoms with E-state index in [0.29, 0.717) is 17.5 Å². The third-order valence-corrected chi connectivity index (χ3v) is 4.84. The SMILES string of the molecule is O=c1[nH]c2cnccc2n1C1CCS(=O)(=O)C1. The second-order valence-corrected chi connectivity index (χ2v) is 6.48. The van der Waals surface area contributed by atoms with E-state index in [9.17, 15) is 13.2 Å². The quantitative estimate of drug-likeness (QED) is 0.780. The molecule has 1 fully saturated rings. The van der Waals surface area contributed by atoms with Gasteiger partial charge in [-0.15, -0.1) is 0 Å². The second kappa shape index (κ2) is 3.43. The van der Waals surface area contributed by atoms with Gasteiger partial charge in [0.05, 0.1) is 34.8 Å². The van der Waals surface area contributed by atoms with Gasteiger partial charge in [-0.1, -0.05) is 0 Å². The van der Waals surface area contributed by atoms with E-state index >= 15 is 0 Å². The van der Waals surface area contributed by atoms with Gasteiger partial charge in [0, 0.05) is 6.20 Å². The van der Waals surface area contributed by atoms with Crippen LogP contribution in [0.4, 0.5) is 0 Å². The number of H-pyrrole nitrogens is 1. The average molecular weight is 253 g/mol. The lowest BCUT2D eigenvalue weighted by Crippen LogP contribution is -2.23. The highest BCUT2D eigenvalue weighted by molar-refractivity contribution is 7.91. The molecule has 2 aromatic rings. The first kappa shape index (κ1) is 10.5. The van der Waals surface area contributed by atoms with Gasteiger partial charge in [-0.2, -0.15) is 0 Å². The molecule has 1 N–H and O–H groups in total. The summed E-state index contributed by atoms with van der Waals surface area (Å²) in [5.74, 6) is 0.198. The molecule has 7 heteroatoms. The number of nitrogens with one attached hydrogen (secondary N) is 1. The molecule has 0 aliphatic carbocycles. The Bertz CT molecular complexity index is 729. The maximum Gasteiger partial charge on any atom is 0.326 e. The normalized spacial score (nSPS) is 23.2. The van der Waals surface area contributed by atoms with Crippen LogP contribution >= 0.6 is 0 Å². The highest BCUT2D eigenvalue weighted by Crippen LogP contribution is 2.25. The van der Waals surface area contributed by atoms with Crippen LogP contribution in [0.3, 0.4) is 0 Å². The summed E-state index contributed by atoms with van der Waals surface area (Å²) < 4.78 is 24.4. The standard InChI is InChI=1S/C10H11N3O3S/c14-10-12-8-5-11-3-1-9(8)13(10)7-2-4-17(15,16)6-7/h1,3,5,7H,2,4,6H2,(H,12,14). The molecule has 0 spiro atoms. The minimum absolute atomic E-state index is 0.0438. The Kier molecular flexibility index (Phi) is 2.12. The fraction of sp³-hybridized carbons (Fsp3) is 0.400. The fourth-order valence-electron chi connectivity index (χ4n) is 2.32. The van der Waals surface area contributed by atoms with E-state index in [-0.39, 0.29) is 23.2 Å². The largest absolute Gasteiger partial charge is 0.326 e. The van der Waals surface area contributed by atoms with Crippen LogP contribution in [0.5, 0.6) is 0 Å². The lowest BCUT2D eigenvalue weighted by Gasteiger charge is -2.09. The highest BCUT2D eigenvalue weighted by Gasteiger charge is 2.31. The zero-order valence-corrected chi connectivity index (χ0v) is 9.77. The molecule has 0 amide bonds. The van der Waals surface area contributed by atoms with Crippen molar-refractivity contribution in [3.63, 3.8) is 0 Å². The number of aromatic nitrogens is 3. The summed E-state index contributed by atoms with van der Waals surface area (Å²) >= 11 is 0. The molecular weight excluding hydrogens is 242 g/mol. The van der Waals surface area contributed by atoms with Crippen LogP contribution in [-0.4, -0.2) is 34.5 Å². The van der Waals surface area contributed by atoms with Gasteiger partial charge in [-0.05, 0) is 12.5 Å². The molecule has 1 aliphatic rings. The van der Waals surface area contributed by atoms with Gasteiger partial charge in [0.15, 0.2) is 9.84 Å². The third kappa shape index (κ3) is 1.66. The molecule has 0 aromatic carbocycles. The van der Waals surface area contributed by atoms with Crippen molar-refractivity contribution in [3.8, 4) is 0 Å². The summed E-state index contributed by atoms with van der Waals surface area (Å²) in [6.45, 7) is 0. The van der Waals surface area contributed by atoms with E-state index in [1.165, 1.54) is 4.57 Å². The molecule has 1 aliphatic heterocycles. The lowest BCUT2D eigenvalue weighted by atomic mass is 10.2. The van der Waals surface area contributed by atoms with E-state index < -0.39 is 9.84 Å². The van der Waals surface area contributed by atoms with Crippen LogP contribution in [-0.2, 0) is 9.84 Å². The predicted molar refractivity (Wildman–Crippen MR) is 62.7 cm³/mol. The van der Waals surface area contributed by atoms with Gasteiger partial charge < -0.3 is 4.98 Å². The van der Waals surface area contributed by atoms with E-state index in [4.69, 9.17) is 0 Å². The first-order chi connectivity index (χ1) is 8.07. The van der Waals surface area contributed by atoms with Gasteiger partial charge in [-0.25, -0.2) is 13.2 Å². The molecule has 1 saturated heterocycles. The van der Waals surface area contributed by atoms with E-state index in [1.54, 1.807) is 18.5 Å². The Morgan fingerprint density at radius 1 is 1.47 bits per heavy atom. The number of imidazole rings is 1. The van der Waals surface area contributed by atoms with Crippen LogP contribution in [0.15, 0.2) is 23.3 Å². The van der Waals surface area contributed by atoms with Gasteiger partial charge in [-0.3, -0.25) is 9.55 Å². The maximum absolute atomic E-state index is 11.8. The minimum atomic E-state index is -3.00. The number of sulfone groups is 1. The molecule has 1 unspecified atom stereocenters. The molecule has 6 nitrogen and oxygen atoms in total. The smallest absolute Gasteiger partial charge is 0.304 e. The first-order valence-corrected chi connectivity index (χ1v) is 7.14. The average Bonchev–Trinajstić information content (AvgIpc) is 2.77. The van der Waals surface area contributed by atoms with Crippen molar-refractivity contribution in [2.24, 2.45) is 0 Å². The third-order valence-electron chi connectivity index (χ3n) is 3.09. The van der Waals surface area contributed by atoms with Crippen molar-refractivity contribution in [2.75, 3.05) is 11.5 Å². The summed E-state index contributed by atoms with van der Waals surface area (Å²) in [6, 6.07) is 1.46. The van der Waals surface area contributed by atoms with Crippen LogP contribution in [0.1, 0.15) is 12.5 Å². The zero-order valence-electron chi connectivity index (χ0n) is 8.96. The Labute approximate surface area is 97.2 Å². The molecular formula is C10H11N3O3S. The van der Waals surface area contributed by atoms with E-state index in [1.807, 2.05) is 0 Å². The topological polar surface area (TPSA) is 84.8 Å². The molecule has 2 aromatic heterocycles. The molecule has 0 bridgehead atoms. The van der Waals surface area contributed by atoms with Crippen LogP contribution < -0.4 is 5.69 Å². The molecule has 3 heterocycles. The lowest BCUT2D eigenvalue weighted by molar-refractivity contribution is 0.554. The molecule has 90 valence electrons. The van der Waals surface area contributed by atoms with Gasteiger partial charge in [0.2, 0.25) is 0 Å². The molecule has 0 radical (unpaired) electrons. The number of hydrogen-bond donors (Lipinski definition) is 1. The minimum Gasteiger partial charge on any atom is -0.304 e. The monoisotopic (exact) mass is 253 g/mol. The Balaban J connectivity index is 2.18. The number of pyridine rings is 1. The Morgan fingerprint density at radius 3 is 3.00 bits per heavy atom. The predicted octanol–water partition coefficient (Wildman–Crippen LogP) is 0.0842. The van der Waals surface area contributed by atoms with E-state index in [0.717, 1.165) is 0 Å². The molecule has 1 atom stereocenters. The summed E-state index contributed by atoms with van der Waals surface area (Å²) in [7, 11) is -3.00. The van der Waals surface area contributed by atoms with E-state index in [2.05, 4.69) is 9.97 Å². The van der Waals surface area contributed by atoms with Crippen LogP contribution in [0.25, 0.3) is 11.0 Å². The summed E-state index contributed by atoms with van der Waals surface area (Å²) in [4.78, 5) is 18.4. The van der Waals surface area contributed by atoms with Crippen molar-refractivity contribution in [1.29, 1.82) is 0 Å². The second-order valence-electron chi connectivity index (χ2n) is 4.25. The molecule has 17 heavy (non-hydrogen) atoms. The number of fused-ring (bicyclic) bond motifs is 1. The summed E-state index contributed by atoms with van der Waals surface area (Å²) in [6.07, 6.45) is 3.66. The van der Waals surface area contributed by atoms with Crippen molar-refractivity contribution in [2.45, 2.75) is 12.5 Å². The Hall–Kier alpha value is -1.63. The Morgan fingerprint density at radius 2 is 2.29 bits per heavy atom. The maximum atomic E-state index is 11.8. The molecule has 0 saturated carbocycles. The zero-order chi connectivity index (χ0) is 12.0. The number of hydrogen-bond acceptors (Lipinski definition) is 4. The van der Waals surface area contributed by atoms with Gasteiger partial charge in [0.25, 0.3) is 0 Å². The van der Waals surface area contributed by atoms with Crippen molar-refractivity contribution >= 4 is 20.9 Å². The summed E-state index contributed by atoms with van der Waals surface area (Å²) in [5.41, 5.74) is 1.09. The van der Waals surface area contributed by atoms with Crippen molar-refractivity contribution in [1.82, 2.24) is 14.5 Å². The highest BCUT2D eigenvalue weighted by atomic mass is 32.2. The van der Waals surface area contributed by atoms with Crippen molar-refractivity contribution in [3.05, 3.63) is 28.9 Å². The fourth-order valence-corrected chi connectivity index (χ4v) is 4.02. The van der Waals surface area contributed by atoms with Crippen LogP contribution in [0, 0.1) is 0 Å². The molecule has 3 rings (SSSR count). The summed E-state index contributed by atoms with van der Waals surface area (Å²) in [5, 5.41) is 0. The van der Waals surface area contributed by atoms with Gasteiger partial charge in [0.1, 0.15) is 0 Å². The number of aromatic amines is 1. The first-order valence-electron chi connectivity index (χ1n) is 5.31. The van der Waals surface area contributed by atoms with Crippen LogP contribution in [0.2, 0.25) is 0 Å². The van der Waals surface area contributed by atoms with Gasteiger partial charge >= 0.3 is 5.69 Å². The number of nitrogens with zero attached hydrogens (tertiary/aromatic N) is 2. The van der Waals surface area contributed by atoms with Crippen molar-refractivity contribution < 1.29 is 8.42 Å². The number of rotatable bonds is 1.